The molecule has 0 bridgehead atoms. The minimum absolute atomic E-state index is 0.0330. The van der Waals surface area contributed by atoms with Crippen LogP contribution in [-0.2, 0) is 4.79 Å². The third-order valence-electron chi connectivity index (χ3n) is 4.82. The van der Waals surface area contributed by atoms with Crippen LogP contribution in [0.15, 0.2) is 90.6 Å². The smallest absolute Gasteiger partial charge is 0.262 e. The van der Waals surface area contributed by atoms with Gasteiger partial charge in [0.15, 0.2) is 6.61 Å². The second-order valence-corrected chi connectivity index (χ2v) is 7.02. The normalized spacial score (nSPS) is 11.0. The second kappa shape index (κ2) is 9.45. The highest BCUT2D eigenvalue weighted by atomic mass is 16.5. The Morgan fingerprint density at radius 3 is 2.44 bits per heavy atom. The van der Waals surface area contributed by atoms with Crippen molar-refractivity contribution in [2.75, 3.05) is 11.9 Å². The van der Waals surface area contributed by atoms with Crippen LogP contribution in [0.5, 0.6) is 5.75 Å². The average molecular weight is 421 g/mol. The van der Waals surface area contributed by atoms with Gasteiger partial charge in [-0.15, -0.1) is 0 Å². The fourth-order valence-electron chi connectivity index (χ4n) is 3.25. The lowest BCUT2D eigenvalue weighted by atomic mass is 10.0. The van der Waals surface area contributed by atoms with Crippen molar-refractivity contribution in [3.63, 3.8) is 0 Å². The molecule has 0 aliphatic carbocycles. The number of ketones is 1. The minimum atomic E-state index is -0.345. The maximum absolute atomic E-state index is 12.9. The highest BCUT2D eigenvalue weighted by Gasteiger charge is 2.16. The highest BCUT2D eigenvalue weighted by molar-refractivity contribution is 6.19. The summed E-state index contributed by atoms with van der Waals surface area (Å²) in [6.45, 7) is -0.132. The molecule has 0 aliphatic heterocycles. The van der Waals surface area contributed by atoms with Crippen molar-refractivity contribution in [2.24, 2.45) is 0 Å². The fourth-order valence-corrected chi connectivity index (χ4v) is 3.25. The van der Waals surface area contributed by atoms with Crippen LogP contribution >= 0.6 is 0 Å². The number of hydrogen-bond donors (Lipinski definition) is 2. The first-order valence-corrected chi connectivity index (χ1v) is 9.94. The Morgan fingerprint density at radius 2 is 1.69 bits per heavy atom. The Bertz CT molecular complexity index is 1330. The maximum atomic E-state index is 12.9. The number of hydrogen-bond acceptors (Lipinski definition) is 4. The lowest BCUT2D eigenvalue weighted by molar-refractivity contribution is -0.118. The number of nitriles is 1. The summed E-state index contributed by atoms with van der Waals surface area (Å²) in [6, 6.07) is 25.4. The molecule has 6 heteroatoms. The zero-order valence-corrected chi connectivity index (χ0v) is 17.0. The molecule has 4 rings (SSSR count). The summed E-state index contributed by atoms with van der Waals surface area (Å²) in [7, 11) is 0. The Kier molecular flexibility index (Phi) is 6.10. The highest BCUT2D eigenvalue weighted by Crippen LogP contribution is 2.22. The molecular weight excluding hydrogens is 402 g/mol. The number of aromatic nitrogens is 1. The van der Waals surface area contributed by atoms with Crippen molar-refractivity contribution in [1.82, 2.24) is 4.98 Å². The molecule has 0 atom stereocenters. The molecule has 1 aromatic heterocycles. The van der Waals surface area contributed by atoms with E-state index < -0.39 is 0 Å². The van der Waals surface area contributed by atoms with Gasteiger partial charge in [-0.2, -0.15) is 5.26 Å². The number of carbonyl (C=O) groups excluding carboxylic acids is 2. The van der Waals surface area contributed by atoms with E-state index in [-0.39, 0.29) is 23.9 Å². The van der Waals surface area contributed by atoms with E-state index in [9.17, 15) is 14.9 Å². The van der Waals surface area contributed by atoms with Crippen molar-refractivity contribution < 1.29 is 14.3 Å². The first kappa shape index (κ1) is 20.6. The summed E-state index contributed by atoms with van der Waals surface area (Å²) >= 11 is 0. The van der Waals surface area contributed by atoms with Crippen molar-refractivity contribution in [2.45, 2.75) is 0 Å². The van der Waals surface area contributed by atoms with E-state index in [0.29, 0.717) is 22.6 Å². The zero-order valence-electron chi connectivity index (χ0n) is 17.0. The number of benzene rings is 3. The first-order valence-electron chi connectivity index (χ1n) is 9.94. The van der Waals surface area contributed by atoms with Crippen LogP contribution in [0.1, 0.15) is 15.9 Å². The second-order valence-electron chi connectivity index (χ2n) is 7.02. The number of H-pyrrole nitrogens is 1. The Balaban J connectivity index is 1.42. The third kappa shape index (κ3) is 4.74. The molecular formula is C26H19N3O3. The van der Waals surface area contributed by atoms with Crippen molar-refractivity contribution in [3.8, 4) is 11.8 Å². The van der Waals surface area contributed by atoms with Crippen LogP contribution in [-0.4, -0.2) is 23.3 Å². The van der Waals surface area contributed by atoms with Gasteiger partial charge in [-0.25, -0.2) is 0 Å². The number of rotatable bonds is 7. The van der Waals surface area contributed by atoms with E-state index in [1.165, 1.54) is 6.08 Å². The van der Waals surface area contributed by atoms with Gasteiger partial charge in [0.05, 0.1) is 0 Å². The third-order valence-corrected chi connectivity index (χ3v) is 4.82. The van der Waals surface area contributed by atoms with Gasteiger partial charge in [-0.05, 0) is 42.0 Å². The van der Waals surface area contributed by atoms with Crippen LogP contribution in [0.4, 0.5) is 5.69 Å². The molecule has 4 aromatic rings. The van der Waals surface area contributed by atoms with E-state index in [2.05, 4.69) is 10.3 Å². The summed E-state index contributed by atoms with van der Waals surface area (Å²) in [5.74, 6) is -0.106. The number of Topliss-reactive ketones (excluding diaryl/α,β-unsaturated/α-hetero) is 1. The van der Waals surface area contributed by atoms with Gasteiger partial charge in [-0.1, -0.05) is 48.5 Å². The SMILES string of the molecule is N#C/C(=C\c1ccc(OCC(=O)Nc2ccccc2)cc1)C(=O)c1c[nH]c2ccccc12. The number of allylic oxidation sites excluding steroid dienone is 1. The van der Waals surface area contributed by atoms with E-state index in [0.717, 1.165) is 10.9 Å². The number of nitrogens with one attached hydrogen (secondary N) is 2. The lowest BCUT2D eigenvalue weighted by Crippen LogP contribution is -2.20. The molecule has 0 spiro atoms. The Labute approximate surface area is 184 Å². The first-order chi connectivity index (χ1) is 15.6. The van der Waals surface area contributed by atoms with Crippen molar-refractivity contribution >= 4 is 34.4 Å². The van der Waals surface area contributed by atoms with Crippen LogP contribution in [0, 0.1) is 11.3 Å². The number of carbonyl (C=O) groups is 2. The molecule has 6 nitrogen and oxygen atoms in total. The van der Waals surface area contributed by atoms with Gasteiger partial charge in [0, 0.05) is 28.4 Å². The minimum Gasteiger partial charge on any atom is -0.484 e. The molecule has 0 saturated carbocycles. The van der Waals surface area contributed by atoms with Crippen LogP contribution < -0.4 is 10.1 Å². The Morgan fingerprint density at radius 1 is 0.969 bits per heavy atom. The van der Waals surface area contributed by atoms with Gasteiger partial charge in [0.2, 0.25) is 5.78 Å². The summed E-state index contributed by atoms with van der Waals surface area (Å²) < 4.78 is 5.51. The molecule has 1 amide bonds. The van der Waals surface area contributed by atoms with E-state index in [1.54, 1.807) is 42.6 Å². The number of nitrogens with zero attached hydrogens (tertiary/aromatic N) is 1. The van der Waals surface area contributed by atoms with Gasteiger partial charge in [0.25, 0.3) is 5.91 Å². The van der Waals surface area contributed by atoms with Gasteiger partial charge in [-0.3, -0.25) is 9.59 Å². The standard InChI is InChI=1S/C26H19N3O3/c27-15-19(26(31)23-16-28-24-9-5-4-8-22(23)24)14-18-10-12-21(13-11-18)32-17-25(30)29-20-6-2-1-3-7-20/h1-14,16,28H,17H2,(H,29,30)/b19-14+. The Hall–Kier alpha value is -4.63. The predicted octanol–water partition coefficient (Wildman–Crippen LogP) is 4.98. The number of amides is 1. The molecule has 0 saturated heterocycles. The van der Waals surface area contributed by atoms with Crippen LogP contribution in [0.2, 0.25) is 0 Å². The van der Waals surface area contributed by atoms with E-state index in [4.69, 9.17) is 4.74 Å². The number of aromatic amines is 1. The molecule has 156 valence electrons. The van der Waals surface area contributed by atoms with Gasteiger partial charge >= 0.3 is 0 Å². The lowest BCUT2D eigenvalue weighted by Gasteiger charge is -2.07. The topological polar surface area (TPSA) is 95.0 Å². The molecule has 0 unspecified atom stereocenters. The number of fused-ring (bicyclic) bond motifs is 1. The molecule has 3 aromatic carbocycles. The van der Waals surface area contributed by atoms with Crippen LogP contribution in [0.25, 0.3) is 17.0 Å². The molecule has 0 radical (unpaired) electrons. The quantitative estimate of drug-likeness (QED) is 0.250. The van der Waals surface area contributed by atoms with Crippen molar-refractivity contribution in [1.29, 1.82) is 5.26 Å². The molecule has 0 aliphatic rings. The van der Waals surface area contributed by atoms with Gasteiger partial charge in [0.1, 0.15) is 17.4 Å². The molecule has 1 heterocycles. The number of ether oxygens (including phenoxy) is 1. The van der Waals surface area contributed by atoms with Gasteiger partial charge < -0.3 is 15.0 Å². The molecule has 32 heavy (non-hydrogen) atoms. The largest absolute Gasteiger partial charge is 0.484 e. The fraction of sp³-hybridized carbons (Fsp3) is 0.0385. The summed E-state index contributed by atoms with van der Waals surface area (Å²) in [5.41, 5.74) is 2.70. The number of anilines is 1. The van der Waals surface area contributed by atoms with E-state index >= 15 is 0 Å². The average Bonchev–Trinajstić information content (AvgIpc) is 3.26. The summed E-state index contributed by atoms with van der Waals surface area (Å²) in [5, 5.41) is 13.1. The monoisotopic (exact) mass is 421 g/mol. The summed E-state index contributed by atoms with van der Waals surface area (Å²) in [6.07, 6.45) is 3.16. The van der Waals surface area contributed by atoms with Crippen molar-refractivity contribution in [3.05, 3.63) is 102 Å². The predicted molar refractivity (Wildman–Crippen MR) is 123 cm³/mol. The molecule has 0 fully saturated rings. The zero-order chi connectivity index (χ0) is 22.3. The number of para-hydroxylation sites is 2. The van der Waals surface area contributed by atoms with E-state index in [1.807, 2.05) is 48.5 Å². The summed E-state index contributed by atoms with van der Waals surface area (Å²) in [4.78, 5) is 27.9. The maximum Gasteiger partial charge on any atom is 0.262 e. The molecule has 2 N–H and O–H groups in total. The van der Waals surface area contributed by atoms with Crippen LogP contribution in [0.3, 0.4) is 0 Å².